The Hall–Kier alpha value is -0.610. The topological polar surface area (TPSA) is 26.8 Å². The Morgan fingerprint density at radius 3 is 2.47 bits per heavy atom. The van der Waals surface area contributed by atoms with Crippen LogP contribution in [-0.2, 0) is 4.79 Å². The first-order valence-electron chi connectivity index (χ1n) is 5.86. The summed E-state index contributed by atoms with van der Waals surface area (Å²) in [7, 11) is 2.00. The average molecular weight is 213 g/mol. The first kappa shape index (κ1) is 12.5. The van der Waals surface area contributed by atoms with Crippen LogP contribution in [0, 0.1) is 0 Å². The van der Waals surface area contributed by atoms with Crippen LogP contribution >= 0.6 is 0 Å². The lowest BCUT2D eigenvalue weighted by Gasteiger charge is -2.33. The molecule has 0 aliphatic carbocycles. The first-order chi connectivity index (χ1) is 7.17. The van der Waals surface area contributed by atoms with Crippen LogP contribution in [-0.4, -0.2) is 73.5 Å². The molecule has 0 unspecified atom stereocenters. The van der Waals surface area contributed by atoms with E-state index in [4.69, 9.17) is 0 Å². The van der Waals surface area contributed by atoms with Gasteiger partial charge in [0.25, 0.3) is 0 Å². The Labute approximate surface area is 92.8 Å². The number of hydrogen-bond acceptors (Lipinski definition) is 3. The lowest BCUT2D eigenvalue weighted by molar-refractivity contribution is -0.135. The van der Waals surface area contributed by atoms with Crippen LogP contribution < -0.4 is 0 Å². The van der Waals surface area contributed by atoms with Crippen LogP contribution in [0.25, 0.3) is 0 Å². The average Bonchev–Trinajstić information content (AvgIpc) is 2.22. The zero-order chi connectivity index (χ0) is 11.3. The standard InChI is InChI=1S/C11H23N3O/c1-4-13(5-2)7-9-14-8-6-12(3)10-11(14)15/h4-10H2,1-3H3. The van der Waals surface area contributed by atoms with E-state index in [-0.39, 0.29) is 5.91 Å². The third-order valence-corrected chi connectivity index (χ3v) is 3.09. The van der Waals surface area contributed by atoms with Gasteiger partial charge in [-0.05, 0) is 20.1 Å². The van der Waals surface area contributed by atoms with Crippen molar-refractivity contribution in [2.75, 3.05) is 52.9 Å². The van der Waals surface area contributed by atoms with Gasteiger partial charge >= 0.3 is 0 Å². The smallest absolute Gasteiger partial charge is 0.236 e. The number of carbonyl (C=O) groups is 1. The highest BCUT2D eigenvalue weighted by Gasteiger charge is 2.21. The van der Waals surface area contributed by atoms with Crippen LogP contribution in [0.1, 0.15) is 13.8 Å². The summed E-state index contributed by atoms with van der Waals surface area (Å²) in [6, 6.07) is 0. The van der Waals surface area contributed by atoms with E-state index >= 15 is 0 Å². The molecule has 1 aliphatic rings. The van der Waals surface area contributed by atoms with E-state index in [9.17, 15) is 4.79 Å². The second-order valence-corrected chi connectivity index (χ2v) is 4.15. The van der Waals surface area contributed by atoms with Gasteiger partial charge in [-0.3, -0.25) is 9.69 Å². The van der Waals surface area contributed by atoms with Crippen molar-refractivity contribution in [1.82, 2.24) is 14.7 Å². The van der Waals surface area contributed by atoms with Gasteiger partial charge < -0.3 is 9.80 Å². The van der Waals surface area contributed by atoms with Gasteiger partial charge in [-0.1, -0.05) is 13.8 Å². The van der Waals surface area contributed by atoms with E-state index in [1.54, 1.807) is 0 Å². The van der Waals surface area contributed by atoms with E-state index < -0.39 is 0 Å². The van der Waals surface area contributed by atoms with Crippen molar-refractivity contribution in [3.05, 3.63) is 0 Å². The molecule has 88 valence electrons. The fraction of sp³-hybridized carbons (Fsp3) is 0.909. The molecule has 0 aromatic heterocycles. The molecule has 1 rings (SSSR count). The number of rotatable bonds is 5. The fourth-order valence-electron chi connectivity index (χ4n) is 1.86. The van der Waals surface area contributed by atoms with Crippen molar-refractivity contribution < 1.29 is 4.79 Å². The van der Waals surface area contributed by atoms with Crippen molar-refractivity contribution >= 4 is 5.91 Å². The lowest BCUT2D eigenvalue weighted by atomic mass is 10.3. The molecule has 1 heterocycles. The van der Waals surface area contributed by atoms with Gasteiger partial charge in [0, 0.05) is 26.2 Å². The molecule has 0 aromatic rings. The number of carbonyl (C=O) groups excluding carboxylic acids is 1. The normalized spacial score (nSPS) is 18.9. The number of amides is 1. The highest BCUT2D eigenvalue weighted by atomic mass is 16.2. The summed E-state index contributed by atoms with van der Waals surface area (Å²) in [5, 5.41) is 0. The van der Waals surface area contributed by atoms with Gasteiger partial charge in [0.05, 0.1) is 6.54 Å². The molecule has 0 aromatic carbocycles. The van der Waals surface area contributed by atoms with Crippen LogP contribution in [0.2, 0.25) is 0 Å². The van der Waals surface area contributed by atoms with E-state index in [1.807, 2.05) is 11.9 Å². The minimum atomic E-state index is 0.274. The molecule has 4 nitrogen and oxygen atoms in total. The first-order valence-corrected chi connectivity index (χ1v) is 5.86. The highest BCUT2D eigenvalue weighted by molar-refractivity contribution is 5.78. The molecule has 0 N–H and O–H groups in total. The van der Waals surface area contributed by atoms with Gasteiger partial charge in [0.2, 0.25) is 5.91 Å². The Balaban J connectivity index is 2.29. The predicted octanol–water partition coefficient (Wildman–Crippen LogP) is 0.102. The van der Waals surface area contributed by atoms with E-state index in [2.05, 4.69) is 23.6 Å². The predicted molar refractivity (Wildman–Crippen MR) is 61.9 cm³/mol. The second-order valence-electron chi connectivity index (χ2n) is 4.15. The van der Waals surface area contributed by atoms with Gasteiger partial charge in [-0.2, -0.15) is 0 Å². The summed E-state index contributed by atoms with van der Waals surface area (Å²) in [6.07, 6.45) is 0. The molecule has 0 atom stereocenters. The Morgan fingerprint density at radius 1 is 1.27 bits per heavy atom. The Kier molecular flexibility index (Phi) is 5.05. The third-order valence-electron chi connectivity index (χ3n) is 3.09. The quantitative estimate of drug-likeness (QED) is 0.648. The lowest BCUT2D eigenvalue weighted by Crippen LogP contribution is -2.50. The number of nitrogens with zero attached hydrogens (tertiary/aromatic N) is 3. The van der Waals surface area contributed by atoms with Crippen LogP contribution in [0.3, 0.4) is 0 Å². The Morgan fingerprint density at radius 2 is 1.93 bits per heavy atom. The monoisotopic (exact) mass is 213 g/mol. The van der Waals surface area contributed by atoms with Gasteiger partial charge in [0.15, 0.2) is 0 Å². The molecule has 1 saturated heterocycles. The second kappa shape index (κ2) is 6.08. The van der Waals surface area contributed by atoms with E-state index in [0.717, 1.165) is 39.3 Å². The zero-order valence-corrected chi connectivity index (χ0v) is 10.2. The summed E-state index contributed by atoms with van der Waals surface area (Å²) in [5.41, 5.74) is 0. The van der Waals surface area contributed by atoms with Crippen molar-refractivity contribution in [3.63, 3.8) is 0 Å². The molecule has 0 spiro atoms. The minimum Gasteiger partial charge on any atom is -0.339 e. The molecule has 0 saturated carbocycles. The van der Waals surface area contributed by atoms with Crippen LogP contribution in [0.4, 0.5) is 0 Å². The van der Waals surface area contributed by atoms with Gasteiger partial charge in [0.1, 0.15) is 0 Å². The maximum Gasteiger partial charge on any atom is 0.236 e. The summed E-state index contributed by atoms with van der Waals surface area (Å²) in [5.74, 6) is 0.274. The van der Waals surface area contributed by atoms with Crippen LogP contribution in [0.5, 0.6) is 0 Å². The van der Waals surface area contributed by atoms with E-state index in [0.29, 0.717) is 6.54 Å². The molecular weight excluding hydrogens is 190 g/mol. The van der Waals surface area contributed by atoms with Crippen LogP contribution in [0.15, 0.2) is 0 Å². The SMILES string of the molecule is CCN(CC)CCN1CCN(C)CC1=O. The summed E-state index contributed by atoms with van der Waals surface area (Å²) in [4.78, 5) is 18.1. The molecule has 15 heavy (non-hydrogen) atoms. The maximum absolute atomic E-state index is 11.7. The van der Waals surface area contributed by atoms with Crippen molar-refractivity contribution in [2.24, 2.45) is 0 Å². The van der Waals surface area contributed by atoms with E-state index in [1.165, 1.54) is 0 Å². The highest BCUT2D eigenvalue weighted by Crippen LogP contribution is 2.01. The third kappa shape index (κ3) is 3.80. The zero-order valence-electron chi connectivity index (χ0n) is 10.2. The summed E-state index contributed by atoms with van der Waals surface area (Å²) < 4.78 is 0. The fourth-order valence-corrected chi connectivity index (χ4v) is 1.86. The molecule has 1 amide bonds. The molecular formula is C11H23N3O. The summed E-state index contributed by atoms with van der Waals surface area (Å²) in [6.45, 7) is 10.8. The number of likely N-dealkylation sites (N-methyl/N-ethyl adjacent to an activating group) is 2. The number of piperazine rings is 1. The largest absolute Gasteiger partial charge is 0.339 e. The van der Waals surface area contributed by atoms with Crippen molar-refractivity contribution in [2.45, 2.75) is 13.8 Å². The molecule has 1 fully saturated rings. The maximum atomic E-state index is 11.7. The minimum absolute atomic E-state index is 0.274. The van der Waals surface area contributed by atoms with Gasteiger partial charge in [-0.15, -0.1) is 0 Å². The molecule has 1 aliphatic heterocycles. The molecule has 0 bridgehead atoms. The van der Waals surface area contributed by atoms with Crippen molar-refractivity contribution in [1.29, 1.82) is 0 Å². The van der Waals surface area contributed by atoms with Crippen molar-refractivity contribution in [3.8, 4) is 0 Å². The summed E-state index contributed by atoms with van der Waals surface area (Å²) >= 11 is 0. The Bertz CT molecular complexity index is 204. The molecule has 0 radical (unpaired) electrons. The van der Waals surface area contributed by atoms with Gasteiger partial charge in [-0.25, -0.2) is 0 Å². The number of hydrogen-bond donors (Lipinski definition) is 0. The molecule has 4 heteroatoms.